The Morgan fingerprint density at radius 3 is 2.95 bits per heavy atom. The van der Waals surface area contributed by atoms with E-state index >= 15 is 0 Å². The minimum atomic E-state index is -0.337. The van der Waals surface area contributed by atoms with Crippen molar-refractivity contribution in [2.45, 2.75) is 20.3 Å². The lowest BCUT2D eigenvalue weighted by Gasteiger charge is -2.06. The molecule has 3 N–H and O–H groups in total. The van der Waals surface area contributed by atoms with Gasteiger partial charge in [0.05, 0.1) is 29.2 Å². The van der Waals surface area contributed by atoms with Gasteiger partial charge in [-0.1, -0.05) is 11.8 Å². The maximum Gasteiger partial charge on any atom is 0.275 e. The molecular formula is C15H16N4O2. The summed E-state index contributed by atoms with van der Waals surface area (Å²) in [5.74, 6) is 5.30. The lowest BCUT2D eigenvalue weighted by atomic mass is 10.1. The van der Waals surface area contributed by atoms with Gasteiger partial charge >= 0.3 is 0 Å². The van der Waals surface area contributed by atoms with Crippen LogP contribution in [-0.2, 0) is 0 Å². The van der Waals surface area contributed by atoms with Crippen LogP contribution in [0.3, 0.4) is 0 Å². The molecule has 0 spiro atoms. The standard InChI is InChI=1S/C15H16N4O2/c1-10-13(11(2)19-18-10)17-15(21)14-12(6-3-4-9-20)7-5-8-16-14/h5,7-8,20H,4,9H2,1-2H3,(H,17,21)(H,18,19). The number of pyridine rings is 1. The monoisotopic (exact) mass is 284 g/mol. The van der Waals surface area contributed by atoms with Gasteiger partial charge in [-0.15, -0.1) is 0 Å². The third kappa shape index (κ3) is 3.46. The number of hydrogen-bond donors (Lipinski definition) is 3. The van der Waals surface area contributed by atoms with Crippen LogP contribution in [0.2, 0.25) is 0 Å². The first-order chi connectivity index (χ1) is 10.1. The molecule has 0 aliphatic rings. The van der Waals surface area contributed by atoms with E-state index in [1.165, 1.54) is 0 Å². The number of anilines is 1. The van der Waals surface area contributed by atoms with Crippen LogP contribution >= 0.6 is 0 Å². The zero-order chi connectivity index (χ0) is 15.2. The maximum absolute atomic E-state index is 12.3. The molecule has 0 atom stereocenters. The number of hydrogen-bond acceptors (Lipinski definition) is 4. The Balaban J connectivity index is 2.26. The van der Waals surface area contributed by atoms with Crippen LogP contribution in [0.15, 0.2) is 18.3 Å². The van der Waals surface area contributed by atoms with Crippen LogP contribution in [0.5, 0.6) is 0 Å². The number of amides is 1. The number of carbonyl (C=O) groups is 1. The number of nitrogens with zero attached hydrogens (tertiary/aromatic N) is 2. The van der Waals surface area contributed by atoms with Crippen LogP contribution in [0.25, 0.3) is 0 Å². The number of nitrogens with one attached hydrogen (secondary N) is 2. The van der Waals surface area contributed by atoms with E-state index in [9.17, 15) is 4.79 Å². The second kappa shape index (κ2) is 6.68. The zero-order valence-corrected chi connectivity index (χ0v) is 11.9. The first-order valence-electron chi connectivity index (χ1n) is 6.51. The van der Waals surface area contributed by atoms with E-state index in [2.05, 4.69) is 32.3 Å². The number of rotatable bonds is 3. The van der Waals surface area contributed by atoms with Crippen molar-refractivity contribution in [1.82, 2.24) is 15.2 Å². The normalized spacial score (nSPS) is 9.86. The highest BCUT2D eigenvalue weighted by molar-refractivity contribution is 6.05. The van der Waals surface area contributed by atoms with Gasteiger partial charge in [0.1, 0.15) is 5.69 Å². The predicted octanol–water partition coefficient (Wildman–Crippen LogP) is 1.41. The van der Waals surface area contributed by atoms with E-state index < -0.39 is 0 Å². The number of carbonyl (C=O) groups excluding carboxylic acids is 1. The van der Waals surface area contributed by atoms with Crippen molar-refractivity contribution in [3.05, 3.63) is 41.0 Å². The Labute approximate surface area is 122 Å². The summed E-state index contributed by atoms with van der Waals surface area (Å²) < 4.78 is 0. The number of aromatic nitrogens is 3. The van der Waals surface area contributed by atoms with Gasteiger partial charge < -0.3 is 10.4 Å². The first kappa shape index (κ1) is 14.8. The van der Waals surface area contributed by atoms with E-state index in [0.29, 0.717) is 23.4 Å². The molecule has 2 aromatic heterocycles. The van der Waals surface area contributed by atoms with Crippen LogP contribution in [0, 0.1) is 25.7 Å². The number of aliphatic hydroxyl groups excluding tert-OH is 1. The smallest absolute Gasteiger partial charge is 0.275 e. The fourth-order valence-electron chi connectivity index (χ4n) is 1.81. The molecule has 0 bridgehead atoms. The average Bonchev–Trinajstić information content (AvgIpc) is 2.80. The summed E-state index contributed by atoms with van der Waals surface area (Å²) in [7, 11) is 0. The van der Waals surface area contributed by atoms with Gasteiger partial charge in [0, 0.05) is 12.6 Å². The van der Waals surface area contributed by atoms with Crippen LogP contribution in [0.4, 0.5) is 5.69 Å². The molecule has 0 aromatic carbocycles. The summed E-state index contributed by atoms with van der Waals surface area (Å²) in [4.78, 5) is 16.4. The maximum atomic E-state index is 12.3. The van der Waals surface area contributed by atoms with E-state index in [0.717, 1.165) is 5.69 Å². The van der Waals surface area contributed by atoms with E-state index in [4.69, 9.17) is 5.11 Å². The van der Waals surface area contributed by atoms with Crippen LogP contribution in [-0.4, -0.2) is 32.8 Å². The molecule has 0 radical (unpaired) electrons. The topological polar surface area (TPSA) is 90.9 Å². The summed E-state index contributed by atoms with van der Waals surface area (Å²) in [6, 6.07) is 3.44. The van der Waals surface area contributed by atoms with Crippen molar-refractivity contribution in [3.63, 3.8) is 0 Å². The average molecular weight is 284 g/mol. The minimum absolute atomic E-state index is 0.0117. The van der Waals surface area contributed by atoms with Crippen molar-refractivity contribution in [2.24, 2.45) is 0 Å². The Kier molecular flexibility index (Phi) is 4.69. The largest absolute Gasteiger partial charge is 0.395 e. The molecule has 1 amide bonds. The second-order valence-corrected chi connectivity index (χ2v) is 4.44. The molecule has 6 heteroatoms. The molecule has 2 heterocycles. The third-order valence-electron chi connectivity index (χ3n) is 2.85. The summed E-state index contributed by atoms with van der Waals surface area (Å²) in [5, 5.41) is 18.4. The van der Waals surface area contributed by atoms with Gasteiger partial charge in [0.25, 0.3) is 5.91 Å². The lowest BCUT2D eigenvalue weighted by molar-refractivity contribution is 0.102. The van der Waals surface area contributed by atoms with E-state index in [1.54, 1.807) is 25.3 Å². The second-order valence-electron chi connectivity index (χ2n) is 4.44. The Hall–Kier alpha value is -2.65. The zero-order valence-electron chi connectivity index (χ0n) is 11.9. The number of aromatic amines is 1. The molecule has 0 aliphatic heterocycles. The third-order valence-corrected chi connectivity index (χ3v) is 2.85. The molecule has 0 saturated heterocycles. The fraction of sp³-hybridized carbons (Fsp3) is 0.267. The van der Waals surface area contributed by atoms with Gasteiger partial charge in [0.15, 0.2) is 0 Å². The van der Waals surface area contributed by atoms with Gasteiger partial charge in [-0.05, 0) is 26.0 Å². The highest BCUT2D eigenvalue weighted by atomic mass is 16.2. The van der Waals surface area contributed by atoms with Crippen molar-refractivity contribution in [3.8, 4) is 11.8 Å². The SMILES string of the molecule is Cc1n[nH]c(C)c1NC(=O)c1ncccc1C#CCCO. The van der Waals surface area contributed by atoms with Crippen molar-refractivity contribution in [1.29, 1.82) is 0 Å². The molecular weight excluding hydrogens is 268 g/mol. The van der Waals surface area contributed by atoms with E-state index in [-0.39, 0.29) is 18.2 Å². The fourth-order valence-corrected chi connectivity index (χ4v) is 1.81. The first-order valence-corrected chi connectivity index (χ1v) is 6.51. The van der Waals surface area contributed by atoms with Crippen LogP contribution in [0.1, 0.15) is 33.9 Å². The van der Waals surface area contributed by atoms with E-state index in [1.807, 2.05) is 6.92 Å². The molecule has 0 unspecified atom stereocenters. The molecule has 0 fully saturated rings. The molecule has 2 aromatic rings. The summed E-state index contributed by atoms with van der Waals surface area (Å²) in [5.41, 5.74) is 2.93. The number of aryl methyl sites for hydroxylation is 2. The molecule has 0 saturated carbocycles. The number of H-pyrrole nitrogens is 1. The summed E-state index contributed by atoms with van der Waals surface area (Å²) in [6.07, 6.45) is 1.90. The molecule has 0 aliphatic carbocycles. The van der Waals surface area contributed by atoms with Crippen molar-refractivity contribution < 1.29 is 9.90 Å². The minimum Gasteiger partial charge on any atom is -0.395 e. The predicted molar refractivity (Wildman–Crippen MR) is 78.8 cm³/mol. The molecule has 2 rings (SSSR count). The Morgan fingerprint density at radius 1 is 1.48 bits per heavy atom. The van der Waals surface area contributed by atoms with Crippen molar-refractivity contribution >= 4 is 11.6 Å². The van der Waals surface area contributed by atoms with Gasteiger partial charge in [-0.2, -0.15) is 5.10 Å². The molecule has 6 nitrogen and oxygen atoms in total. The summed E-state index contributed by atoms with van der Waals surface area (Å²) in [6.45, 7) is 3.62. The summed E-state index contributed by atoms with van der Waals surface area (Å²) >= 11 is 0. The quantitative estimate of drug-likeness (QED) is 0.743. The lowest BCUT2D eigenvalue weighted by Crippen LogP contribution is -2.16. The Morgan fingerprint density at radius 2 is 2.29 bits per heavy atom. The number of aliphatic hydroxyl groups is 1. The van der Waals surface area contributed by atoms with Gasteiger partial charge in [0.2, 0.25) is 0 Å². The Bertz CT molecular complexity index is 690. The highest BCUT2D eigenvalue weighted by Crippen LogP contribution is 2.17. The van der Waals surface area contributed by atoms with Gasteiger partial charge in [-0.25, -0.2) is 4.98 Å². The van der Waals surface area contributed by atoms with Gasteiger partial charge in [-0.3, -0.25) is 9.89 Å². The van der Waals surface area contributed by atoms with Crippen LogP contribution < -0.4 is 5.32 Å². The molecule has 108 valence electrons. The molecule has 21 heavy (non-hydrogen) atoms. The van der Waals surface area contributed by atoms with Crippen molar-refractivity contribution in [2.75, 3.05) is 11.9 Å². The highest BCUT2D eigenvalue weighted by Gasteiger charge is 2.15.